The van der Waals surface area contributed by atoms with E-state index < -0.39 is 31.2 Å². The highest BCUT2D eigenvalue weighted by atomic mass is 35.5. The number of hydrogen-bond acceptors (Lipinski definition) is 7. The molecule has 1 fully saturated rings. The molecule has 1 aliphatic rings. The van der Waals surface area contributed by atoms with Gasteiger partial charge in [-0.2, -0.15) is 0 Å². The van der Waals surface area contributed by atoms with Crippen LogP contribution in [0.2, 0.25) is 0 Å². The number of amides is 1. The van der Waals surface area contributed by atoms with E-state index >= 15 is 0 Å². The Balaban J connectivity index is 2.65. The standard InChI is InChI=1S/C11H19ClNO7P/c1-11(2)6-18-21(16,19-7-12)20-9(11)10(15)13-5-4-8(14)17-3/h9H,4-7H2,1-3H3,(H,13,15)/t9-,21?/m0/s1. The van der Waals surface area contributed by atoms with Gasteiger partial charge in [-0.15, -0.1) is 0 Å². The molecule has 122 valence electrons. The summed E-state index contributed by atoms with van der Waals surface area (Å²) in [5.74, 6) is -0.954. The highest BCUT2D eigenvalue weighted by Crippen LogP contribution is 2.57. The van der Waals surface area contributed by atoms with Crippen molar-refractivity contribution in [2.75, 3.05) is 26.3 Å². The maximum Gasteiger partial charge on any atom is 0.476 e. The van der Waals surface area contributed by atoms with Crippen molar-refractivity contribution in [3.63, 3.8) is 0 Å². The predicted octanol–water partition coefficient (Wildman–Crippen LogP) is 1.43. The van der Waals surface area contributed by atoms with Crippen LogP contribution in [0.1, 0.15) is 20.3 Å². The molecule has 8 nitrogen and oxygen atoms in total. The van der Waals surface area contributed by atoms with Crippen LogP contribution in [-0.2, 0) is 32.5 Å². The number of hydrogen-bond donors (Lipinski definition) is 1. The number of rotatable bonds is 6. The number of halogens is 1. The van der Waals surface area contributed by atoms with Crippen LogP contribution in [-0.4, -0.2) is 44.3 Å². The largest absolute Gasteiger partial charge is 0.476 e. The van der Waals surface area contributed by atoms with E-state index in [4.69, 9.17) is 25.2 Å². The molecule has 0 radical (unpaired) electrons. The van der Waals surface area contributed by atoms with Gasteiger partial charge in [-0.25, -0.2) is 4.57 Å². The van der Waals surface area contributed by atoms with Crippen molar-refractivity contribution in [2.24, 2.45) is 5.41 Å². The molecule has 0 aromatic heterocycles. The summed E-state index contributed by atoms with van der Waals surface area (Å²) in [4.78, 5) is 23.1. The first-order chi connectivity index (χ1) is 9.74. The van der Waals surface area contributed by atoms with Gasteiger partial charge in [0.1, 0.15) is 6.07 Å². The van der Waals surface area contributed by atoms with Crippen molar-refractivity contribution in [3.8, 4) is 0 Å². The van der Waals surface area contributed by atoms with Crippen molar-refractivity contribution >= 4 is 31.3 Å². The zero-order valence-electron chi connectivity index (χ0n) is 12.1. The quantitative estimate of drug-likeness (QED) is 0.442. The van der Waals surface area contributed by atoms with E-state index in [1.165, 1.54) is 7.11 Å². The molecule has 0 spiro atoms. The van der Waals surface area contributed by atoms with Crippen molar-refractivity contribution in [1.29, 1.82) is 0 Å². The van der Waals surface area contributed by atoms with Crippen molar-refractivity contribution < 1.29 is 32.5 Å². The Morgan fingerprint density at radius 2 is 2.14 bits per heavy atom. The molecule has 1 heterocycles. The van der Waals surface area contributed by atoms with E-state index in [-0.39, 0.29) is 25.6 Å². The average Bonchev–Trinajstić information content (AvgIpc) is 2.42. The highest BCUT2D eigenvalue weighted by Gasteiger charge is 2.48. The van der Waals surface area contributed by atoms with E-state index in [0.717, 1.165) is 0 Å². The first-order valence-corrected chi connectivity index (χ1v) is 8.21. The second kappa shape index (κ2) is 7.56. The molecule has 0 bridgehead atoms. The number of methoxy groups -OCH3 is 1. The molecule has 0 aromatic carbocycles. The topological polar surface area (TPSA) is 100 Å². The second-order valence-electron chi connectivity index (χ2n) is 5.05. The van der Waals surface area contributed by atoms with Crippen LogP contribution in [0, 0.1) is 5.41 Å². The molecule has 1 N–H and O–H groups in total. The molecule has 0 aliphatic carbocycles. The van der Waals surface area contributed by atoms with Gasteiger partial charge in [-0.1, -0.05) is 25.4 Å². The molecule has 1 amide bonds. The molecule has 0 aromatic rings. The number of nitrogens with one attached hydrogen (secondary N) is 1. The Kier molecular flexibility index (Phi) is 6.62. The van der Waals surface area contributed by atoms with Crippen molar-refractivity contribution in [2.45, 2.75) is 26.4 Å². The maximum atomic E-state index is 12.1. The lowest BCUT2D eigenvalue weighted by Gasteiger charge is -2.39. The number of carbonyl (C=O) groups excluding carboxylic acids is 2. The average molecular weight is 344 g/mol. The molecule has 10 heteroatoms. The zero-order valence-corrected chi connectivity index (χ0v) is 13.7. The Morgan fingerprint density at radius 3 is 2.71 bits per heavy atom. The van der Waals surface area contributed by atoms with Gasteiger partial charge < -0.3 is 10.1 Å². The van der Waals surface area contributed by atoms with Gasteiger partial charge in [0.15, 0.2) is 6.10 Å². The minimum Gasteiger partial charge on any atom is -0.469 e. The lowest BCUT2D eigenvalue weighted by Crippen LogP contribution is -2.49. The third-order valence-electron chi connectivity index (χ3n) is 2.84. The SMILES string of the molecule is COC(=O)CCNC(=O)[C@@H]1OP(=O)(OCCl)OCC1(C)C. The van der Waals surface area contributed by atoms with Gasteiger partial charge >= 0.3 is 13.8 Å². The molecule has 0 saturated carbocycles. The summed E-state index contributed by atoms with van der Waals surface area (Å²) < 4.78 is 31.5. The van der Waals surface area contributed by atoms with Crippen molar-refractivity contribution in [3.05, 3.63) is 0 Å². The van der Waals surface area contributed by atoms with E-state index in [1.54, 1.807) is 13.8 Å². The number of phosphoric acid groups is 1. The maximum absolute atomic E-state index is 12.1. The van der Waals surface area contributed by atoms with E-state index in [2.05, 4.69) is 10.1 Å². The Bertz CT molecular complexity index is 442. The van der Waals surface area contributed by atoms with E-state index in [9.17, 15) is 14.2 Å². The van der Waals surface area contributed by atoms with E-state index in [1.807, 2.05) is 0 Å². The van der Waals surface area contributed by atoms with E-state index in [0.29, 0.717) is 0 Å². The summed E-state index contributed by atoms with van der Waals surface area (Å²) in [6, 6.07) is -0.381. The molecule has 1 unspecified atom stereocenters. The van der Waals surface area contributed by atoms with Crippen molar-refractivity contribution in [1.82, 2.24) is 5.32 Å². The fourth-order valence-corrected chi connectivity index (χ4v) is 3.44. The summed E-state index contributed by atoms with van der Waals surface area (Å²) in [7, 11) is -2.59. The molecule has 21 heavy (non-hydrogen) atoms. The molecular formula is C11H19ClNO7P. The third kappa shape index (κ3) is 5.23. The third-order valence-corrected chi connectivity index (χ3v) is 4.46. The molecular weight excluding hydrogens is 325 g/mol. The number of esters is 1. The first kappa shape index (κ1) is 18.4. The van der Waals surface area contributed by atoms with Gasteiger partial charge in [0, 0.05) is 12.0 Å². The summed E-state index contributed by atoms with van der Waals surface area (Å²) >= 11 is 5.35. The van der Waals surface area contributed by atoms with Crippen LogP contribution >= 0.6 is 19.4 Å². The van der Waals surface area contributed by atoms with Gasteiger partial charge in [-0.3, -0.25) is 23.2 Å². The van der Waals surface area contributed by atoms with Gasteiger partial charge in [-0.05, 0) is 0 Å². The zero-order chi connectivity index (χ0) is 16.1. The molecule has 1 saturated heterocycles. The van der Waals surface area contributed by atoms with Crippen LogP contribution < -0.4 is 5.32 Å². The number of ether oxygens (including phenoxy) is 1. The van der Waals surface area contributed by atoms with Crippen LogP contribution in [0.15, 0.2) is 0 Å². The van der Waals surface area contributed by atoms with Crippen LogP contribution in [0.3, 0.4) is 0 Å². The Morgan fingerprint density at radius 1 is 1.48 bits per heavy atom. The summed E-state index contributed by atoms with van der Waals surface area (Å²) in [6.07, 6.45) is -1.01. The number of phosphoric ester groups is 1. The number of carbonyl (C=O) groups is 2. The fraction of sp³-hybridized carbons (Fsp3) is 0.818. The molecule has 2 atom stereocenters. The summed E-state index contributed by atoms with van der Waals surface area (Å²) in [5, 5.41) is 2.52. The second-order valence-corrected chi connectivity index (χ2v) is 6.89. The summed E-state index contributed by atoms with van der Waals surface area (Å²) in [5.41, 5.74) is -0.709. The minimum absolute atomic E-state index is 0.0102. The van der Waals surface area contributed by atoms with Gasteiger partial charge in [0.05, 0.1) is 20.1 Å². The van der Waals surface area contributed by atoms with Crippen LogP contribution in [0.5, 0.6) is 0 Å². The molecule has 1 rings (SSSR count). The smallest absolute Gasteiger partial charge is 0.469 e. The normalized spacial score (nSPS) is 27.9. The number of alkyl halides is 1. The predicted molar refractivity (Wildman–Crippen MR) is 73.7 cm³/mol. The van der Waals surface area contributed by atoms with Crippen LogP contribution in [0.4, 0.5) is 0 Å². The summed E-state index contributed by atoms with van der Waals surface area (Å²) in [6.45, 7) is 3.54. The van der Waals surface area contributed by atoms with Gasteiger partial charge in [0.25, 0.3) is 0 Å². The highest BCUT2D eigenvalue weighted by molar-refractivity contribution is 7.48. The lowest BCUT2D eigenvalue weighted by molar-refractivity contribution is -0.142. The van der Waals surface area contributed by atoms with Crippen LogP contribution in [0.25, 0.3) is 0 Å². The lowest BCUT2D eigenvalue weighted by atomic mass is 9.87. The monoisotopic (exact) mass is 343 g/mol. The first-order valence-electron chi connectivity index (χ1n) is 6.22. The Hall–Kier alpha value is -0.660. The molecule has 1 aliphatic heterocycles. The van der Waals surface area contributed by atoms with Gasteiger partial charge in [0.2, 0.25) is 5.91 Å². The Labute approximate surface area is 128 Å². The fourth-order valence-electron chi connectivity index (χ4n) is 1.64. The minimum atomic E-state index is -3.84.